The van der Waals surface area contributed by atoms with Gasteiger partial charge >= 0.3 is 0 Å². The van der Waals surface area contributed by atoms with Crippen molar-refractivity contribution in [2.75, 3.05) is 0 Å². The Bertz CT molecular complexity index is 528. The molecule has 0 saturated heterocycles. The zero-order valence-corrected chi connectivity index (χ0v) is 27.8. The topological polar surface area (TPSA) is 0 Å². The SMILES string of the molecule is C.CCC[Si](C)(C)C1CCC(CC)CC1.CCC[Si](C)(C)C1CCC(CC2CCC(C)CC2)CC1.[2HH].[B]. The van der Waals surface area contributed by atoms with Crippen molar-refractivity contribution in [1.82, 2.24) is 0 Å². The molecule has 0 atom stereocenters. The minimum absolute atomic E-state index is 0. The molecule has 0 aliphatic heterocycles. The fourth-order valence-corrected chi connectivity index (χ4v) is 15.5. The predicted octanol–water partition coefficient (Wildman–Crippen LogP) is 12.5. The van der Waals surface area contributed by atoms with Crippen LogP contribution in [0.15, 0.2) is 0 Å². The molecule has 3 heteroatoms. The fourth-order valence-electron chi connectivity index (χ4n) is 8.26. The second kappa shape index (κ2) is 18.0. The highest BCUT2D eigenvalue weighted by Gasteiger charge is 2.35. The molecule has 0 heterocycles. The van der Waals surface area contributed by atoms with Gasteiger partial charge in [-0.15, -0.1) is 0 Å². The van der Waals surface area contributed by atoms with E-state index in [0.29, 0.717) is 0 Å². The molecule has 0 bridgehead atoms. The molecule has 0 aromatic rings. The van der Waals surface area contributed by atoms with Gasteiger partial charge in [0.15, 0.2) is 0 Å². The Morgan fingerprint density at radius 1 is 0.556 bits per heavy atom. The molecule has 36 heavy (non-hydrogen) atoms. The van der Waals surface area contributed by atoms with Crippen LogP contribution in [0.4, 0.5) is 0 Å². The summed E-state index contributed by atoms with van der Waals surface area (Å²) in [6, 6.07) is 3.11. The summed E-state index contributed by atoms with van der Waals surface area (Å²) in [6.45, 7) is 20.1. The van der Waals surface area contributed by atoms with Crippen LogP contribution in [0.25, 0.3) is 0 Å². The zero-order valence-electron chi connectivity index (χ0n) is 25.8. The molecular formula is C33H72BSi2. The number of hydrogen-bond donors (Lipinski definition) is 0. The number of hydrogen-bond acceptors (Lipinski definition) is 0. The van der Waals surface area contributed by atoms with Crippen LogP contribution < -0.4 is 0 Å². The molecule has 0 nitrogen and oxygen atoms in total. The van der Waals surface area contributed by atoms with Crippen molar-refractivity contribution in [1.29, 1.82) is 0 Å². The standard InChI is InChI=1S/C19H38Si.C13H28Si.CH4.B.H2/c1-5-14-20(3,4)19-12-10-18(11-13-19)15-17-8-6-16(2)7-9-17;1-5-11-14(3,4)13-9-7-12(6-2)8-10-13;;;/h16-19H,5-15H2,1-4H3;12-13H,5-11H2,1-4H3;1H4;;1H/i;;;;1+1. The van der Waals surface area contributed by atoms with E-state index in [0.717, 1.165) is 34.8 Å². The Labute approximate surface area is 236 Å². The van der Waals surface area contributed by atoms with Crippen LogP contribution in [0.5, 0.6) is 0 Å². The van der Waals surface area contributed by atoms with E-state index in [4.69, 9.17) is 0 Å². The Hall–Kier alpha value is 0.499. The Balaban J connectivity index is 0. The van der Waals surface area contributed by atoms with Crippen LogP contribution in [0.1, 0.15) is 139 Å². The summed E-state index contributed by atoms with van der Waals surface area (Å²) in [4.78, 5) is 0. The maximum Gasteiger partial charge on any atom is 0.0504 e. The average molecular weight is 537 g/mol. The largest absolute Gasteiger partial charge is 0.0776 e. The molecule has 0 aromatic carbocycles. The highest BCUT2D eigenvalue weighted by molar-refractivity contribution is 6.79. The first-order valence-corrected chi connectivity index (χ1v) is 22.7. The lowest BCUT2D eigenvalue weighted by atomic mass is 9.75. The Morgan fingerprint density at radius 3 is 1.22 bits per heavy atom. The van der Waals surface area contributed by atoms with E-state index >= 15 is 0 Å². The summed E-state index contributed by atoms with van der Waals surface area (Å²) in [6.07, 6.45) is 24.4. The molecule has 0 aromatic heterocycles. The van der Waals surface area contributed by atoms with Gasteiger partial charge in [-0.1, -0.05) is 170 Å². The molecule has 3 radical (unpaired) electrons. The molecule has 3 fully saturated rings. The monoisotopic (exact) mass is 537 g/mol. The van der Waals surface area contributed by atoms with Gasteiger partial charge in [0.05, 0.1) is 16.1 Å². The molecule has 3 aliphatic carbocycles. The van der Waals surface area contributed by atoms with Gasteiger partial charge in [-0.3, -0.25) is 0 Å². The van der Waals surface area contributed by atoms with E-state index < -0.39 is 16.1 Å². The predicted molar refractivity (Wildman–Crippen MR) is 177 cm³/mol. The van der Waals surface area contributed by atoms with Crippen molar-refractivity contribution in [3.63, 3.8) is 0 Å². The third-order valence-corrected chi connectivity index (χ3v) is 20.2. The van der Waals surface area contributed by atoms with Gasteiger partial charge in [0, 0.05) is 9.84 Å². The molecule has 0 spiro atoms. The summed E-state index contributed by atoms with van der Waals surface area (Å²) in [5, 5.41) is 0. The van der Waals surface area contributed by atoms with E-state index in [9.17, 15) is 0 Å². The first-order chi connectivity index (χ1) is 16.1. The van der Waals surface area contributed by atoms with Crippen LogP contribution in [-0.2, 0) is 0 Å². The summed E-state index contributed by atoms with van der Waals surface area (Å²) in [5.41, 5.74) is 2.29. The van der Waals surface area contributed by atoms with E-state index in [-0.39, 0.29) is 17.3 Å². The maximum atomic E-state index is 2.66. The average Bonchev–Trinajstić information content (AvgIpc) is 2.81. The van der Waals surface area contributed by atoms with Crippen LogP contribution in [0.3, 0.4) is 0 Å². The van der Waals surface area contributed by atoms with E-state index in [1.165, 1.54) is 57.8 Å². The smallest absolute Gasteiger partial charge is 0.0504 e. The van der Waals surface area contributed by atoms with Crippen molar-refractivity contribution < 1.29 is 1.43 Å². The summed E-state index contributed by atoms with van der Waals surface area (Å²) < 4.78 is 0. The summed E-state index contributed by atoms with van der Waals surface area (Å²) >= 11 is 0. The molecule has 3 aliphatic rings. The molecule has 0 unspecified atom stereocenters. The van der Waals surface area contributed by atoms with Crippen molar-refractivity contribution in [2.45, 2.75) is 187 Å². The van der Waals surface area contributed by atoms with Gasteiger partial charge in [-0.25, -0.2) is 0 Å². The highest BCUT2D eigenvalue weighted by Crippen LogP contribution is 2.45. The lowest BCUT2D eigenvalue weighted by molar-refractivity contribution is 0.217. The van der Waals surface area contributed by atoms with Gasteiger partial charge in [0.2, 0.25) is 0 Å². The lowest BCUT2D eigenvalue weighted by Gasteiger charge is -2.39. The van der Waals surface area contributed by atoms with Crippen LogP contribution in [0.2, 0.25) is 49.4 Å². The zero-order chi connectivity index (χ0) is 25.2. The highest BCUT2D eigenvalue weighted by atomic mass is 28.3. The fraction of sp³-hybridized carbons (Fsp3) is 1.00. The van der Waals surface area contributed by atoms with Crippen LogP contribution in [0, 0.1) is 23.7 Å². The quantitative estimate of drug-likeness (QED) is 0.257. The lowest BCUT2D eigenvalue weighted by Crippen LogP contribution is -2.35. The molecule has 215 valence electrons. The van der Waals surface area contributed by atoms with Gasteiger partial charge in [-0.2, -0.15) is 0 Å². The Morgan fingerprint density at radius 2 is 0.889 bits per heavy atom. The minimum Gasteiger partial charge on any atom is -0.0776 e. The second-order valence-corrected chi connectivity index (χ2v) is 25.3. The van der Waals surface area contributed by atoms with Crippen molar-refractivity contribution in [3.05, 3.63) is 0 Å². The first kappa shape index (κ1) is 36.5. The molecular weight excluding hydrogens is 463 g/mol. The van der Waals surface area contributed by atoms with Crippen molar-refractivity contribution in [2.24, 2.45) is 23.7 Å². The third kappa shape index (κ3) is 12.1. The minimum atomic E-state index is -0.893. The summed E-state index contributed by atoms with van der Waals surface area (Å²) in [7, 11) is -1.74. The van der Waals surface area contributed by atoms with Crippen molar-refractivity contribution >= 4 is 24.6 Å². The van der Waals surface area contributed by atoms with E-state index in [1.807, 2.05) is 0 Å². The van der Waals surface area contributed by atoms with Gasteiger partial charge in [0.1, 0.15) is 0 Å². The molecule has 0 amide bonds. The van der Waals surface area contributed by atoms with E-state index in [1.54, 1.807) is 57.0 Å². The van der Waals surface area contributed by atoms with Crippen LogP contribution in [-0.4, -0.2) is 24.6 Å². The number of rotatable bonds is 9. The van der Waals surface area contributed by atoms with Crippen molar-refractivity contribution in [3.8, 4) is 0 Å². The second-order valence-electron chi connectivity index (χ2n) is 14.7. The van der Waals surface area contributed by atoms with E-state index in [2.05, 4.69) is 53.9 Å². The third-order valence-electron chi connectivity index (χ3n) is 11.1. The molecule has 3 rings (SSSR count). The molecule has 0 N–H and O–H groups in total. The first-order valence-electron chi connectivity index (χ1n) is 16.1. The maximum absolute atomic E-state index is 2.66. The normalized spacial score (nSPS) is 31.3. The van der Waals surface area contributed by atoms with Gasteiger partial charge in [-0.05, 0) is 41.2 Å². The molecule has 3 saturated carbocycles. The Kier molecular flexibility index (Phi) is 18.2. The summed E-state index contributed by atoms with van der Waals surface area (Å²) in [5.74, 6) is 4.27. The van der Waals surface area contributed by atoms with Gasteiger partial charge < -0.3 is 0 Å². The van der Waals surface area contributed by atoms with Crippen LogP contribution >= 0.6 is 0 Å². The van der Waals surface area contributed by atoms with Gasteiger partial charge in [0.25, 0.3) is 0 Å².